The van der Waals surface area contributed by atoms with Crippen molar-refractivity contribution in [2.75, 3.05) is 6.54 Å². The summed E-state index contributed by atoms with van der Waals surface area (Å²) in [4.78, 5) is 28.2. The van der Waals surface area contributed by atoms with Gasteiger partial charge in [0.2, 0.25) is 6.10 Å². The average Bonchev–Trinajstić information content (AvgIpc) is 3.24. The van der Waals surface area contributed by atoms with E-state index in [-0.39, 0.29) is 28.3 Å². The van der Waals surface area contributed by atoms with Crippen LogP contribution in [0, 0.1) is 0 Å². The lowest BCUT2D eigenvalue weighted by Crippen LogP contribution is -2.24. The van der Waals surface area contributed by atoms with Gasteiger partial charge >= 0.3 is 0 Å². The summed E-state index contributed by atoms with van der Waals surface area (Å²) in [6.07, 6.45) is 4.57. The van der Waals surface area contributed by atoms with Crippen LogP contribution >= 0.6 is 11.6 Å². The van der Waals surface area contributed by atoms with E-state index >= 15 is 0 Å². The van der Waals surface area contributed by atoms with Crippen LogP contribution in [0.3, 0.4) is 0 Å². The van der Waals surface area contributed by atoms with Crippen molar-refractivity contribution in [2.24, 2.45) is 10.1 Å². The molecule has 1 aliphatic rings. The number of benzene rings is 3. The van der Waals surface area contributed by atoms with E-state index in [1.54, 1.807) is 0 Å². The summed E-state index contributed by atoms with van der Waals surface area (Å²) < 4.78 is 5.62. The molecule has 0 radical (unpaired) electrons. The number of halogens is 1. The van der Waals surface area contributed by atoms with Gasteiger partial charge in [0.1, 0.15) is 5.75 Å². The maximum atomic E-state index is 12.1. The maximum absolute atomic E-state index is 12.1. The molecule has 1 aliphatic heterocycles. The fourth-order valence-electron chi connectivity index (χ4n) is 3.23. The summed E-state index contributed by atoms with van der Waals surface area (Å²) >= 11 is 5.82. The Kier molecular flexibility index (Phi) is 7.54. The number of rotatable bonds is 7. The van der Waals surface area contributed by atoms with E-state index in [1.807, 2.05) is 66.7 Å². The van der Waals surface area contributed by atoms with Gasteiger partial charge in [-0.25, -0.2) is 5.43 Å². The van der Waals surface area contributed by atoms with Crippen LogP contribution in [0.15, 0.2) is 89.0 Å². The SMILES string of the molecule is O=C(N/N=C/c1cccc(/C=C/CNC2=NC(=O)C(c3ccccc3)O2)c1)c1ccc(O)c(Cl)c1. The van der Waals surface area contributed by atoms with E-state index in [1.165, 1.54) is 24.4 Å². The van der Waals surface area contributed by atoms with E-state index < -0.39 is 12.0 Å². The van der Waals surface area contributed by atoms with Gasteiger partial charge in [0.25, 0.3) is 17.8 Å². The first-order chi connectivity index (χ1) is 17.0. The minimum Gasteiger partial charge on any atom is -0.506 e. The number of hydrogen-bond donors (Lipinski definition) is 3. The Morgan fingerprint density at radius 2 is 1.89 bits per heavy atom. The zero-order valence-corrected chi connectivity index (χ0v) is 19.1. The van der Waals surface area contributed by atoms with E-state index in [0.717, 1.165) is 16.7 Å². The molecular weight excluding hydrogens is 468 g/mol. The molecule has 0 saturated carbocycles. The van der Waals surface area contributed by atoms with Crippen molar-refractivity contribution >= 4 is 41.7 Å². The van der Waals surface area contributed by atoms with Crippen molar-refractivity contribution in [1.82, 2.24) is 10.7 Å². The number of nitrogens with one attached hydrogen (secondary N) is 2. The topological polar surface area (TPSA) is 112 Å². The minimum atomic E-state index is -0.717. The molecule has 4 rings (SSSR count). The number of aliphatic imine (C=N–C) groups is 1. The smallest absolute Gasteiger partial charge is 0.296 e. The second-order valence-corrected chi connectivity index (χ2v) is 7.89. The average molecular weight is 489 g/mol. The van der Waals surface area contributed by atoms with Crippen molar-refractivity contribution in [1.29, 1.82) is 0 Å². The predicted octanol–water partition coefficient (Wildman–Crippen LogP) is 4.07. The number of nitrogens with zero attached hydrogens (tertiary/aromatic N) is 2. The predicted molar refractivity (Wildman–Crippen MR) is 134 cm³/mol. The molecule has 3 aromatic rings. The highest BCUT2D eigenvalue weighted by Gasteiger charge is 2.30. The molecule has 0 saturated heterocycles. The summed E-state index contributed by atoms with van der Waals surface area (Å²) in [6.45, 7) is 0.414. The van der Waals surface area contributed by atoms with Gasteiger partial charge in [-0.1, -0.05) is 72.3 Å². The molecule has 1 atom stereocenters. The molecular formula is C26H21ClN4O4. The van der Waals surface area contributed by atoms with Crippen molar-refractivity contribution in [2.45, 2.75) is 6.10 Å². The molecule has 0 fully saturated rings. The van der Waals surface area contributed by atoms with Gasteiger partial charge in [-0.05, 0) is 35.4 Å². The summed E-state index contributed by atoms with van der Waals surface area (Å²) in [5.74, 6) is -0.883. The Balaban J connectivity index is 1.27. The quantitative estimate of drug-likeness (QED) is 0.343. The molecule has 0 spiro atoms. The third-order valence-electron chi connectivity index (χ3n) is 4.95. The van der Waals surface area contributed by atoms with Gasteiger partial charge in [0.05, 0.1) is 11.2 Å². The van der Waals surface area contributed by atoms with Crippen molar-refractivity contribution < 1.29 is 19.4 Å². The van der Waals surface area contributed by atoms with Crippen LogP contribution in [-0.4, -0.2) is 35.7 Å². The number of hydrogen-bond acceptors (Lipinski definition) is 6. The fourth-order valence-corrected chi connectivity index (χ4v) is 3.41. The molecule has 0 aliphatic carbocycles. The number of ether oxygens (including phenoxy) is 1. The molecule has 35 heavy (non-hydrogen) atoms. The van der Waals surface area contributed by atoms with E-state index in [2.05, 4.69) is 20.8 Å². The summed E-state index contributed by atoms with van der Waals surface area (Å²) in [7, 11) is 0. The summed E-state index contributed by atoms with van der Waals surface area (Å²) in [5.41, 5.74) is 5.16. The largest absolute Gasteiger partial charge is 0.506 e. The molecule has 176 valence electrons. The minimum absolute atomic E-state index is 0.0878. The number of aromatic hydroxyl groups is 1. The third-order valence-corrected chi connectivity index (χ3v) is 5.25. The lowest BCUT2D eigenvalue weighted by Gasteiger charge is -2.10. The van der Waals surface area contributed by atoms with Crippen LogP contribution < -0.4 is 10.7 Å². The number of amides is 2. The number of amidine groups is 1. The third kappa shape index (κ3) is 6.33. The molecule has 9 heteroatoms. The molecule has 0 aromatic heterocycles. The Bertz CT molecular complexity index is 1320. The van der Waals surface area contributed by atoms with E-state index in [9.17, 15) is 14.7 Å². The fraction of sp³-hybridized carbons (Fsp3) is 0.0769. The van der Waals surface area contributed by atoms with Gasteiger partial charge < -0.3 is 15.2 Å². The normalized spacial score (nSPS) is 15.3. The molecule has 0 bridgehead atoms. The van der Waals surface area contributed by atoms with Gasteiger partial charge in [-0.15, -0.1) is 0 Å². The van der Waals surface area contributed by atoms with Gasteiger partial charge in [-0.2, -0.15) is 10.1 Å². The molecule has 1 heterocycles. The Morgan fingerprint density at radius 1 is 1.09 bits per heavy atom. The highest BCUT2D eigenvalue weighted by atomic mass is 35.5. The molecule has 1 unspecified atom stereocenters. The van der Waals surface area contributed by atoms with E-state index in [0.29, 0.717) is 6.54 Å². The number of phenolic OH excluding ortho intramolecular Hbond substituents is 1. The Hall–Kier alpha value is -4.43. The van der Waals surface area contributed by atoms with E-state index in [4.69, 9.17) is 16.3 Å². The molecule has 3 aromatic carbocycles. The highest BCUT2D eigenvalue weighted by Crippen LogP contribution is 2.24. The number of hydrazone groups is 1. The van der Waals surface area contributed by atoms with Crippen LogP contribution in [0.2, 0.25) is 5.02 Å². The zero-order valence-electron chi connectivity index (χ0n) is 18.4. The second kappa shape index (κ2) is 11.1. The maximum Gasteiger partial charge on any atom is 0.296 e. The van der Waals surface area contributed by atoms with Crippen LogP contribution in [0.25, 0.3) is 6.08 Å². The lowest BCUT2D eigenvalue weighted by molar-refractivity contribution is -0.122. The van der Waals surface area contributed by atoms with Gasteiger partial charge in [0, 0.05) is 17.7 Å². The van der Waals surface area contributed by atoms with Crippen molar-refractivity contribution in [3.8, 4) is 5.75 Å². The monoisotopic (exact) mass is 488 g/mol. The lowest BCUT2D eigenvalue weighted by atomic mass is 10.1. The number of carbonyl (C=O) groups is 2. The number of carbonyl (C=O) groups excluding carboxylic acids is 2. The second-order valence-electron chi connectivity index (χ2n) is 7.48. The molecule has 8 nitrogen and oxygen atoms in total. The Labute approximate surface area is 206 Å². The van der Waals surface area contributed by atoms with Crippen LogP contribution in [-0.2, 0) is 9.53 Å². The summed E-state index contributed by atoms with van der Waals surface area (Å²) in [5, 5.41) is 16.5. The highest BCUT2D eigenvalue weighted by molar-refractivity contribution is 6.32. The van der Waals surface area contributed by atoms with Crippen LogP contribution in [0.5, 0.6) is 5.75 Å². The number of phenols is 1. The van der Waals surface area contributed by atoms with Crippen LogP contribution in [0.1, 0.15) is 33.2 Å². The zero-order chi connectivity index (χ0) is 24.6. The summed E-state index contributed by atoms with van der Waals surface area (Å²) in [6, 6.07) is 21.1. The van der Waals surface area contributed by atoms with Gasteiger partial charge in [0.15, 0.2) is 0 Å². The standard InChI is InChI=1S/C26H21ClN4O4/c27-21-15-20(11-12-22(21)32)24(33)31-29-16-18-7-4-6-17(14-18)8-5-13-28-26-30-25(34)23(35-26)19-9-2-1-3-10-19/h1-12,14-16,23,32H,13H2,(H,31,33)(H,28,30,34)/b8-5+,29-16+. The first-order valence-corrected chi connectivity index (χ1v) is 11.0. The van der Waals surface area contributed by atoms with Crippen LogP contribution in [0.4, 0.5) is 0 Å². The first-order valence-electron chi connectivity index (χ1n) is 10.7. The van der Waals surface area contributed by atoms with Crippen molar-refractivity contribution in [3.05, 3.63) is 106 Å². The van der Waals surface area contributed by atoms with Gasteiger partial charge in [-0.3, -0.25) is 9.59 Å². The molecule has 3 N–H and O–H groups in total. The Morgan fingerprint density at radius 3 is 2.69 bits per heavy atom. The molecule has 2 amide bonds. The first kappa shape index (κ1) is 23.7. The van der Waals surface area contributed by atoms with Crippen molar-refractivity contribution in [3.63, 3.8) is 0 Å².